The lowest BCUT2D eigenvalue weighted by molar-refractivity contribution is 0.101. The molecule has 1 saturated heterocycles. The zero-order chi connectivity index (χ0) is 26.4. The van der Waals surface area contributed by atoms with Crippen LogP contribution in [0.5, 0.6) is 0 Å². The van der Waals surface area contributed by atoms with Crippen molar-refractivity contribution in [2.75, 3.05) is 31.6 Å². The van der Waals surface area contributed by atoms with E-state index in [4.69, 9.17) is 9.72 Å². The number of nitrogens with one attached hydrogen (secondary N) is 1. The Balaban J connectivity index is 1.55. The lowest BCUT2D eigenvalue weighted by Gasteiger charge is -2.26. The summed E-state index contributed by atoms with van der Waals surface area (Å²) in [5.74, 6) is 1.32. The number of ketones is 1. The van der Waals surface area contributed by atoms with Crippen LogP contribution in [-0.4, -0.2) is 58.2 Å². The molecule has 0 unspecified atom stereocenters. The van der Waals surface area contributed by atoms with Gasteiger partial charge in [-0.15, -0.1) is 0 Å². The Kier molecular flexibility index (Phi) is 8.87. The van der Waals surface area contributed by atoms with Crippen LogP contribution in [-0.2, 0) is 4.74 Å². The first-order valence-corrected chi connectivity index (χ1v) is 13.3. The number of Topliss-reactive ketones (excluding diaryl/α,β-unsaturated/α-hetero) is 1. The summed E-state index contributed by atoms with van der Waals surface area (Å²) in [6.07, 6.45) is 13.0. The number of aryl methyl sites for hydroxylation is 1. The maximum Gasteiger partial charge on any atom is 0.263 e. The quantitative estimate of drug-likeness (QED) is 0.214. The molecule has 9 nitrogen and oxygen atoms in total. The van der Waals surface area contributed by atoms with Crippen molar-refractivity contribution in [3.63, 3.8) is 0 Å². The fourth-order valence-electron chi connectivity index (χ4n) is 5.32. The van der Waals surface area contributed by atoms with Crippen LogP contribution in [0.25, 0.3) is 11.0 Å². The summed E-state index contributed by atoms with van der Waals surface area (Å²) in [6.45, 7) is 12.7. The highest BCUT2D eigenvalue weighted by atomic mass is 16.5. The first-order chi connectivity index (χ1) is 17.9. The van der Waals surface area contributed by atoms with Crippen molar-refractivity contribution in [2.45, 2.75) is 71.8 Å². The maximum atomic E-state index is 13.4. The third-order valence-corrected chi connectivity index (χ3v) is 7.32. The van der Waals surface area contributed by atoms with Crippen molar-refractivity contribution in [3.05, 3.63) is 51.4 Å². The van der Waals surface area contributed by atoms with Crippen LogP contribution < -0.4 is 10.9 Å². The Morgan fingerprint density at radius 3 is 2.59 bits per heavy atom. The molecule has 9 heteroatoms. The number of carbonyl (C=O) groups is 1. The predicted molar refractivity (Wildman–Crippen MR) is 147 cm³/mol. The number of aromatic nitrogens is 3. The number of piperidine rings is 1. The number of likely N-dealkylation sites (tertiary alicyclic amines) is 1. The van der Waals surface area contributed by atoms with E-state index in [9.17, 15) is 9.59 Å². The minimum Gasteiger partial charge on any atom is -0.497 e. The van der Waals surface area contributed by atoms with Crippen LogP contribution in [0.15, 0.2) is 39.7 Å². The molecule has 198 valence electrons. The van der Waals surface area contributed by atoms with E-state index in [1.54, 1.807) is 23.8 Å². The first-order valence-electron chi connectivity index (χ1n) is 13.3. The van der Waals surface area contributed by atoms with Gasteiger partial charge in [0, 0.05) is 24.2 Å². The normalized spacial score (nSPS) is 17.8. The minimum absolute atomic E-state index is 0.0247. The second kappa shape index (κ2) is 12.3. The second-order valence-electron chi connectivity index (χ2n) is 9.96. The van der Waals surface area contributed by atoms with Gasteiger partial charge in [-0.05, 0) is 84.0 Å². The van der Waals surface area contributed by atoms with E-state index in [0.717, 1.165) is 51.1 Å². The predicted octanol–water partition coefficient (Wildman–Crippen LogP) is 4.78. The summed E-state index contributed by atoms with van der Waals surface area (Å²) in [4.78, 5) is 41.3. The number of rotatable bonds is 10. The minimum atomic E-state index is -0.271. The molecule has 1 aliphatic carbocycles. The number of hydrogen-bond donors (Lipinski definition) is 1. The Hall–Kier alpha value is -3.33. The van der Waals surface area contributed by atoms with E-state index in [2.05, 4.69) is 26.9 Å². The van der Waals surface area contributed by atoms with Crippen LogP contribution in [0.2, 0.25) is 0 Å². The summed E-state index contributed by atoms with van der Waals surface area (Å²) >= 11 is 0. The van der Waals surface area contributed by atoms with Crippen molar-refractivity contribution in [1.29, 1.82) is 0 Å². The smallest absolute Gasteiger partial charge is 0.263 e. The van der Waals surface area contributed by atoms with Gasteiger partial charge in [0.2, 0.25) is 5.95 Å². The fourth-order valence-corrected chi connectivity index (χ4v) is 5.32. The molecule has 2 aromatic rings. The second-order valence-corrected chi connectivity index (χ2v) is 9.96. The van der Waals surface area contributed by atoms with E-state index >= 15 is 0 Å². The SMILES string of the molecule is C=N/C(=C\C=C(/C)OCCN1CCCCC1)Nc1ncc2c(C)c(C(C)=O)c(=O)n(C3CCCC3)c2n1. The first kappa shape index (κ1) is 26.7. The van der Waals surface area contributed by atoms with E-state index in [0.29, 0.717) is 35.0 Å². The van der Waals surface area contributed by atoms with Gasteiger partial charge >= 0.3 is 0 Å². The van der Waals surface area contributed by atoms with E-state index < -0.39 is 0 Å². The molecule has 1 N–H and O–H groups in total. The third kappa shape index (κ3) is 6.33. The lowest BCUT2D eigenvalue weighted by Crippen LogP contribution is -2.32. The van der Waals surface area contributed by atoms with Gasteiger partial charge in [0.25, 0.3) is 5.56 Å². The number of fused-ring (bicyclic) bond motifs is 1. The number of aliphatic imine (C=N–C) groups is 1. The molecule has 3 heterocycles. The monoisotopic (exact) mass is 506 g/mol. The summed E-state index contributed by atoms with van der Waals surface area (Å²) in [7, 11) is 0. The Labute approximate surface area is 218 Å². The third-order valence-electron chi connectivity index (χ3n) is 7.32. The zero-order valence-electron chi connectivity index (χ0n) is 22.3. The number of carbonyl (C=O) groups excluding carboxylic acids is 1. The summed E-state index contributed by atoms with van der Waals surface area (Å²) in [5.41, 5.74) is 1.10. The molecular formula is C28H38N6O3. The Morgan fingerprint density at radius 1 is 1.19 bits per heavy atom. The standard InChI is InChI=1S/C28H38N6O3/c1-19(37-17-16-33-14-8-5-9-15-33)12-13-24(29-4)31-28-30-18-23-20(2)25(21(3)35)27(36)34(26(23)32-28)22-10-6-7-11-22/h12-13,18,22H,4-11,14-17H2,1-3H3,(H,30,31,32)/b19-12+,24-13+. The van der Waals surface area contributed by atoms with Crippen LogP contribution >= 0.6 is 0 Å². The van der Waals surface area contributed by atoms with Crippen LogP contribution in [0.1, 0.15) is 80.8 Å². The number of ether oxygens (including phenoxy) is 1. The van der Waals surface area contributed by atoms with Crippen LogP contribution in [0.4, 0.5) is 5.95 Å². The molecule has 0 amide bonds. The van der Waals surface area contributed by atoms with Gasteiger partial charge in [0.1, 0.15) is 18.1 Å². The molecule has 0 atom stereocenters. The van der Waals surface area contributed by atoms with E-state index in [1.165, 1.54) is 26.2 Å². The molecule has 37 heavy (non-hydrogen) atoms. The topological polar surface area (TPSA) is 102 Å². The Bertz CT molecular complexity index is 1270. The van der Waals surface area contributed by atoms with Gasteiger partial charge in [-0.1, -0.05) is 19.3 Å². The molecule has 2 fully saturated rings. The van der Waals surface area contributed by atoms with Crippen LogP contribution in [0.3, 0.4) is 0 Å². The molecule has 1 saturated carbocycles. The van der Waals surface area contributed by atoms with Crippen molar-refractivity contribution < 1.29 is 9.53 Å². The summed E-state index contributed by atoms with van der Waals surface area (Å²) in [5, 5.41) is 3.80. The van der Waals surface area contributed by atoms with Crippen molar-refractivity contribution >= 4 is 29.5 Å². The molecule has 0 spiro atoms. The zero-order valence-corrected chi connectivity index (χ0v) is 22.3. The van der Waals surface area contributed by atoms with Gasteiger partial charge < -0.3 is 10.1 Å². The fraction of sp³-hybridized carbons (Fsp3) is 0.536. The average molecular weight is 507 g/mol. The molecule has 0 bridgehead atoms. The average Bonchev–Trinajstić information content (AvgIpc) is 3.41. The van der Waals surface area contributed by atoms with Gasteiger partial charge in [-0.25, -0.2) is 9.98 Å². The number of nitrogens with zero attached hydrogens (tertiary/aromatic N) is 5. The molecule has 1 aliphatic heterocycles. The van der Waals surface area contributed by atoms with E-state index in [-0.39, 0.29) is 22.9 Å². The van der Waals surface area contributed by atoms with Gasteiger partial charge in [0.05, 0.1) is 11.3 Å². The van der Waals surface area contributed by atoms with Crippen molar-refractivity contribution in [3.8, 4) is 0 Å². The largest absolute Gasteiger partial charge is 0.497 e. The van der Waals surface area contributed by atoms with Gasteiger partial charge in [-0.2, -0.15) is 4.98 Å². The number of allylic oxidation sites excluding steroid dienone is 3. The van der Waals surface area contributed by atoms with Crippen molar-refractivity contribution in [1.82, 2.24) is 19.4 Å². The van der Waals surface area contributed by atoms with Crippen LogP contribution in [0, 0.1) is 6.92 Å². The van der Waals surface area contributed by atoms with E-state index in [1.807, 2.05) is 13.0 Å². The van der Waals surface area contributed by atoms with Crippen molar-refractivity contribution in [2.24, 2.45) is 4.99 Å². The number of hydrogen-bond acceptors (Lipinski definition) is 8. The molecular weight excluding hydrogens is 468 g/mol. The highest BCUT2D eigenvalue weighted by Crippen LogP contribution is 2.32. The lowest BCUT2D eigenvalue weighted by atomic mass is 10.0. The highest BCUT2D eigenvalue weighted by Gasteiger charge is 2.25. The maximum absolute atomic E-state index is 13.4. The summed E-state index contributed by atoms with van der Waals surface area (Å²) < 4.78 is 7.56. The summed E-state index contributed by atoms with van der Waals surface area (Å²) in [6, 6.07) is 0.0247. The number of anilines is 1. The van der Waals surface area contributed by atoms with Gasteiger partial charge in [0.15, 0.2) is 5.78 Å². The molecule has 0 aromatic carbocycles. The molecule has 2 aromatic heterocycles. The molecule has 2 aliphatic rings. The van der Waals surface area contributed by atoms with Gasteiger partial charge in [-0.3, -0.25) is 19.1 Å². The molecule has 4 rings (SSSR count). The highest BCUT2D eigenvalue weighted by molar-refractivity contribution is 5.99. The number of pyridine rings is 1. The Morgan fingerprint density at radius 2 is 1.92 bits per heavy atom. The molecule has 0 radical (unpaired) electrons.